The Kier molecular flexibility index (Phi) is 35.4. The van der Waals surface area contributed by atoms with E-state index in [4.69, 9.17) is 9.05 Å². The Bertz CT molecular complexity index is 865. The molecule has 3 N–H and O–H groups in total. The Morgan fingerprint density at radius 2 is 1.08 bits per heavy atom. The van der Waals surface area contributed by atoms with Gasteiger partial charge in [0.25, 0.3) is 0 Å². The van der Waals surface area contributed by atoms with Crippen LogP contribution < -0.4 is 5.32 Å². The van der Waals surface area contributed by atoms with Gasteiger partial charge in [0, 0.05) is 6.42 Å². The van der Waals surface area contributed by atoms with Gasteiger partial charge < -0.3 is 19.8 Å². The zero-order valence-electron chi connectivity index (χ0n) is 35.1. The summed E-state index contributed by atoms with van der Waals surface area (Å²) in [6.07, 6.45) is 39.6. The summed E-state index contributed by atoms with van der Waals surface area (Å²) in [5.74, 6) is -0.155. The SMILES string of the molecule is CCC/C=C\CCCCCCCC(=O)NC(COP(=O)(O)OCC[N+](C)(C)C)C(O)CCCCCCCCCCCCCCCCCCCCCC. The molecule has 0 aromatic heterocycles. The molecule has 0 fully saturated rings. The average molecular weight is 760 g/mol. The number of aliphatic hydroxyl groups excluding tert-OH is 1. The van der Waals surface area contributed by atoms with Crippen molar-refractivity contribution in [3.8, 4) is 0 Å². The lowest BCUT2D eigenvalue weighted by molar-refractivity contribution is -0.870. The molecule has 3 atom stereocenters. The second kappa shape index (κ2) is 35.9. The highest BCUT2D eigenvalue weighted by Crippen LogP contribution is 2.43. The first kappa shape index (κ1) is 51.2. The monoisotopic (exact) mass is 760 g/mol. The zero-order valence-corrected chi connectivity index (χ0v) is 36.0. The van der Waals surface area contributed by atoms with Crippen LogP contribution in [0.25, 0.3) is 0 Å². The number of hydrogen-bond donors (Lipinski definition) is 3. The molecular weight excluding hydrogens is 671 g/mol. The Morgan fingerprint density at radius 1 is 0.635 bits per heavy atom. The van der Waals surface area contributed by atoms with Gasteiger partial charge in [-0.3, -0.25) is 13.8 Å². The third-order valence-corrected chi connectivity index (χ3v) is 11.0. The molecule has 0 bridgehead atoms. The predicted octanol–water partition coefficient (Wildman–Crippen LogP) is 12.0. The van der Waals surface area contributed by atoms with Crippen molar-refractivity contribution in [2.24, 2.45) is 0 Å². The van der Waals surface area contributed by atoms with Gasteiger partial charge in [0.1, 0.15) is 13.2 Å². The highest BCUT2D eigenvalue weighted by atomic mass is 31.2. The summed E-state index contributed by atoms with van der Waals surface area (Å²) in [5.41, 5.74) is 0. The van der Waals surface area contributed by atoms with Gasteiger partial charge in [-0.25, -0.2) is 4.57 Å². The van der Waals surface area contributed by atoms with Gasteiger partial charge in [-0.1, -0.05) is 180 Å². The molecule has 1 amide bonds. The van der Waals surface area contributed by atoms with E-state index in [1.165, 1.54) is 122 Å². The third-order valence-electron chi connectivity index (χ3n) is 9.99. The fraction of sp³-hybridized carbons (Fsp3) is 0.930. The summed E-state index contributed by atoms with van der Waals surface area (Å²) in [7, 11) is 1.61. The van der Waals surface area contributed by atoms with Crippen LogP contribution in [0.4, 0.5) is 0 Å². The Balaban J connectivity index is 4.26. The number of phosphoric acid groups is 1. The highest BCUT2D eigenvalue weighted by molar-refractivity contribution is 7.47. The molecule has 8 nitrogen and oxygen atoms in total. The molecule has 52 heavy (non-hydrogen) atoms. The summed E-state index contributed by atoms with van der Waals surface area (Å²) < 4.78 is 23.6. The molecule has 3 unspecified atom stereocenters. The Labute approximate surface area is 322 Å². The maximum absolute atomic E-state index is 12.8. The molecule has 0 heterocycles. The van der Waals surface area contributed by atoms with Crippen LogP contribution in [0, 0.1) is 0 Å². The summed E-state index contributed by atoms with van der Waals surface area (Å²) >= 11 is 0. The van der Waals surface area contributed by atoms with Crippen molar-refractivity contribution >= 4 is 13.7 Å². The zero-order chi connectivity index (χ0) is 38.6. The summed E-state index contributed by atoms with van der Waals surface area (Å²) in [5, 5.41) is 13.9. The van der Waals surface area contributed by atoms with Crippen LogP contribution in [-0.2, 0) is 18.4 Å². The van der Waals surface area contributed by atoms with Crippen LogP contribution in [0.2, 0.25) is 0 Å². The van der Waals surface area contributed by atoms with E-state index in [0.29, 0.717) is 23.9 Å². The molecule has 310 valence electrons. The number of unbranched alkanes of at least 4 members (excludes halogenated alkanes) is 25. The number of nitrogens with zero attached hydrogens (tertiary/aromatic N) is 1. The number of phosphoric ester groups is 1. The number of quaternary nitrogens is 1. The largest absolute Gasteiger partial charge is 0.472 e. The van der Waals surface area contributed by atoms with Crippen LogP contribution in [0.1, 0.15) is 206 Å². The van der Waals surface area contributed by atoms with E-state index in [9.17, 15) is 19.4 Å². The first-order chi connectivity index (χ1) is 25.0. The van der Waals surface area contributed by atoms with Crippen molar-refractivity contribution in [1.29, 1.82) is 0 Å². The van der Waals surface area contributed by atoms with Gasteiger partial charge in [0.15, 0.2) is 0 Å². The molecule has 0 aromatic rings. The van der Waals surface area contributed by atoms with E-state index in [-0.39, 0.29) is 19.1 Å². The molecule has 0 rings (SSSR count). The smallest absolute Gasteiger partial charge is 0.391 e. The first-order valence-corrected chi connectivity index (χ1v) is 23.5. The van der Waals surface area contributed by atoms with Gasteiger partial charge in [0.2, 0.25) is 5.91 Å². The van der Waals surface area contributed by atoms with Crippen molar-refractivity contribution in [3.63, 3.8) is 0 Å². The predicted molar refractivity (Wildman–Crippen MR) is 222 cm³/mol. The topological polar surface area (TPSA) is 105 Å². The second-order valence-corrected chi connectivity index (χ2v) is 17.9. The Hall–Kier alpha value is -0.760. The molecule has 0 radical (unpaired) electrons. The summed E-state index contributed by atoms with van der Waals surface area (Å²) in [4.78, 5) is 23.0. The lowest BCUT2D eigenvalue weighted by atomic mass is 10.0. The molecule has 0 saturated heterocycles. The standard InChI is InChI=1S/C43H87N2O6P/c1-6-8-10-12-14-16-18-19-20-21-22-23-24-25-26-27-28-30-32-34-36-42(46)41(40-51-52(48,49)50-39-38-45(3,4)5)44-43(47)37-35-33-31-29-17-15-13-11-9-7-2/h11,13,41-42,46H,6-10,12,14-40H2,1-5H3,(H-,44,47,48,49)/p+1/b13-11-. The second-order valence-electron chi connectivity index (χ2n) is 16.4. The number of allylic oxidation sites excluding steroid dienone is 2. The number of likely N-dealkylation sites (N-methyl/N-ethyl adjacent to an activating group) is 1. The number of carbonyl (C=O) groups is 1. The molecule has 0 aliphatic heterocycles. The van der Waals surface area contributed by atoms with Crippen LogP contribution in [0.3, 0.4) is 0 Å². The van der Waals surface area contributed by atoms with Crippen LogP contribution in [-0.4, -0.2) is 73.4 Å². The van der Waals surface area contributed by atoms with Crippen LogP contribution in [0.5, 0.6) is 0 Å². The molecule has 0 saturated carbocycles. The van der Waals surface area contributed by atoms with Gasteiger partial charge in [-0.05, 0) is 32.1 Å². The fourth-order valence-corrected chi connectivity index (χ4v) is 7.20. The van der Waals surface area contributed by atoms with Crippen molar-refractivity contribution in [2.75, 3.05) is 40.9 Å². The number of carbonyl (C=O) groups excluding carboxylic acids is 1. The number of hydrogen-bond acceptors (Lipinski definition) is 5. The maximum atomic E-state index is 12.8. The van der Waals surface area contributed by atoms with E-state index < -0.39 is 20.0 Å². The normalized spacial score (nSPS) is 14.5. The number of aliphatic hydroxyl groups is 1. The minimum atomic E-state index is -4.31. The van der Waals surface area contributed by atoms with Gasteiger partial charge in [-0.2, -0.15) is 0 Å². The quantitative estimate of drug-likeness (QED) is 0.0249. The van der Waals surface area contributed by atoms with Crippen molar-refractivity contribution < 1.29 is 32.9 Å². The van der Waals surface area contributed by atoms with Crippen LogP contribution in [0.15, 0.2) is 12.2 Å². The van der Waals surface area contributed by atoms with Crippen LogP contribution >= 0.6 is 7.82 Å². The van der Waals surface area contributed by atoms with E-state index in [2.05, 4.69) is 31.3 Å². The van der Waals surface area contributed by atoms with E-state index >= 15 is 0 Å². The minimum absolute atomic E-state index is 0.0747. The maximum Gasteiger partial charge on any atom is 0.472 e. The average Bonchev–Trinajstić information content (AvgIpc) is 3.09. The van der Waals surface area contributed by atoms with Crippen molar-refractivity contribution in [1.82, 2.24) is 5.32 Å². The van der Waals surface area contributed by atoms with E-state index in [0.717, 1.165) is 57.8 Å². The first-order valence-electron chi connectivity index (χ1n) is 22.1. The van der Waals surface area contributed by atoms with Gasteiger partial charge in [-0.15, -0.1) is 0 Å². The number of rotatable bonds is 40. The lowest BCUT2D eigenvalue weighted by Crippen LogP contribution is -2.46. The number of amides is 1. The third kappa shape index (κ3) is 37.6. The number of nitrogens with one attached hydrogen (secondary N) is 1. The fourth-order valence-electron chi connectivity index (χ4n) is 6.46. The van der Waals surface area contributed by atoms with E-state index in [1.54, 1.807) is 0 Å². The molecule has 0 aliphatic carbocycles. The lowest BCUT2D eigenvalue weighted by Gasteiger charge is -2.26. The van der Waals surface area contributed by atoms with Gasteiger partial charge in [0.05, 0.1) is 39.9 Å². The highest BCUT2D eigenvalue weighted by Gasteiger charge is 2.28. The van der Waals surface area contributed by atoms with E-state index in [1.807, 2.05) is 21.1 Å². The molecule has 0 spiro atoms. The molecular formula is C43H88N2O6P+. The van der Waals surface area contributed by atoms with Crippen molar-refractivity contribution in [3.05, 3.63) is 12.2 Å². The molecule has 0 aromatic carbocycles. The summed E-state index contributed by atoms with van der Waals surface area (Å²) in [6, 6.07) is -0.759. The van der Waals surface area contributed by atoms with Crippen molar-refractivity contribution in [2.45, 2.75) is 219 Å². The van der Waals surface area contributed by atoms with Gasteiger partial charge >= 0.3 is 7.82 Å². The molecule has 0 aliphatic rings. The Morgan fingerprint density at radius 3 is 1.56 bits per heavy atom. The minimum Gasteiger partial charge on any atom is -0.391 e. The molecule has 9 heteroatoms. The summed E-state index contributed by atoms with van der Waals surface area (Å²) in [6.45, 7) is 4.82.